The Labute approximate surface area is 112 Å². The number of piperidine rings is 1. The normalized spacial score (nSPS) is 25.7. The Morgan fingerprint density at radius 3 is 2.17 bits per heavy atom. The molecule has 0 aromatic rings. The van der Waals surface area contributed by atoms with Crippen molar-refractivity contribution < 1.29 is 0 Å². The summed E-state index contributed by atoms with van der Waals surface area (Å²) in [5, 5.41) is 0. The van der Waals surface area contributed by atoms with Gasteiger partial charge >= 0.3 is 0 Å². The average Bonchev–Trinajstić information content (AvgIpc) is 2.40. The van der Waals surface area contributed by atoms with Gasteiger partial charge in [0.05, 0.1) is 0 Å². The quantitative estimate of drug-likeness (QED) is 0.704. The van der Waals surface area contributed by atoms with Crippen molar-refractivity contribution in [2.75, 3.05) is 45.8 Å². The molecular weight excluding hydrogens is 222 g/mol. The number of hydrogen-bond acceptors (Lipinski definition) is 3. The Morgan fingerprint density at radius 2 is 1.67 bits per heavy atom. The molecule has 3 nitrogen and oxygen atoms in total. The maximum absolute atomic E-state index is 3.83. The maximum atomic E-state index is 3.83. The SMILES string of the molecule is C=CCN1CCN(C2CCN(C(C)C)CC2)CC1. The summed E-state index contributed by atoms with van der Waals surface area (Å²) in [7, 11) is 0. The van der Waals surface area contributed by atoms with Crippen molar-refractivity contribution in [3.05, 3.63) is 12.7 Å². The van der Waals surface area contributed by atoms with Gasteiger partial charge in [0, 0.05) is 44.8 Å². The van der Waals surface area contributed by atoms with Crippen LogP contribution in [0.3, 0.4) is 0 Å². The minimum Gasteiger partial charge on any atom is -0.301 e. The standard InChI is InChI=1S/C15H29N3/c1-4-7-16-10-12-18(13-11-16)15-5-8-17(9-6-15)14(2)3/h4,14-15H,1,5-13H2,2-3H3. The summed E-state index contributed by atoms with van der Waals surface area (Å²) < 4.78 is 0. The zero-order valence-corrected chi connectivity index (χ0v) is 12.1. The van der Waals surface area contributed by atoms with Crippen LogP contribution in [0, 0.1) is 0 Å². The number of hydrogen-bond donors (Lipinski definition) is 0. The van der Waals surface area contributed by atoms with Crippen LogP contribution in [0.4, 0.5) is 0 Å². The highest BCUT2D eigenvalue weighted by atomic mass is 15.3. The van der Waals surface area contributed by atoms with Crippen LogP contribution in [0.5, 0.6) is 0 Å². The van der Waals surface area contributed by atoms with Crippen LogP contribution in [0.25, 0.3) is 0 Å². The predicted molar refractivity (Wildman–Crippen MR) is 77.9 cm³/mol. The monoisotopic (exact) mass is 251 g/mol. The molecule has 0 aliphatic carbocycles. The Kier molecular flexibility index (Phi) is 5.22. The van der Waals surface area contributed by atoms with Crippen LogP contribution in [-0.2, 0) is 0 Å². The lowest BCUT2D eigenvalue weighted by Crippen LogP contribution is -2.53. The van der Waals surface area contributed by atoms with Crippen molar-refractivity contribution in [1.29, 1.82) is 0 Å². The lowest BCUT2D eigenvalue weighted by molar-refractivity contribution is 0.0553. The number of nitrogens with zero attached hydrogens (tertiary/aromatic N) is 3. The summed E-state index contributed by atoms with van der Waals surface area (Å²) in [5.41, 5.74) is 0. The van der Waals surface area contributed by atoms with Crippen molar-refractivity contribution in [1.82, 2.24) is 14.7 Å². The topological polar surface area (TPSA) is 9.72 Å². The van der Waals surface area contributed by atoms with Gasteiger partial charge in [0.15, 0.2) is 0 Å². The molecule has 2 aliphatic rings. The summed E-state index contributed by atoms with van der Waals surface area (Å²) in [6.07, 6.45) is 4.75. The molecule has 0 N–H and O–H groups in total. The Morgan fingerprint density at radius 1 is 1.06 bits per heavy atom. The summed E-state index contributed by atoms with van der Waals surface area (Å²) >= 11 is 0. The molecular formula is C15H29N3. The molecule has 0 aromatic heterocycles. The first-order valence-corrected chi connectivity index (χ1v) is 7.52. The zero-order valence-electron chi connectivity index (χ0n) is 12.1. The van der Waals surface area contributed by atoms with Gasteiger partial charge in [0.25, 0.3) is 0 Å². The minimum atomic E-state index is 0.718. The van der Waals surface area contributed by atoms with Gasteiger partial charge in [0.2, 0.25) is 0 Å². The van der Waals surface area contributed by atoms with Crippen LogP contribution in [0.2, 0.25) is 0 Å². The molecule has 2 saturated heterocycles. The lowest BCUT2D eigenvalue weighted by atomic mass is 10.0. The highest BCUT2D eigenvalue weighted by molar-refractivity contribution is 4.85. The minimum absolute atomic E-state index is 0.718. The average molecular weight is 251 g/mol. The zero-order chi connectivity index (χ0) is 13.0. The van der Waals surface area contributed by atoms with Gasteiger partial charge in [-0.05, 0) is 39.8 Å². The molecule has 0 atom stereocenters. The molecule has 0 amide bonds. The first kappa shape index (κ1) is 14.0. The van der Waals surface area contributed by atoms with E-state index in [4.69, 9.17) is 0 Å². The fraction of sp³-hybridized carbons (Fsp3) is 0.867. The van der Waals surface area contributed by atoms with Crippen molar-refractivity contribution in [3.8, 4) is 0 Å². The van der Waals surface area contributed by atoms with E-state index in [1.807, 2.05) is 6.08 Å². The number of likely N-dealkylation sites (tertiary alicyclic amines) is 1. The van der Waals surface area contributed by atoms with Gasteiger partial charge < -0.3 is 4.90 Å². The van der Waals surface area contributed by atoms with E-state index in [0.717, 1.165) is 18.6 Å². The van der Waals surface area contributed by atoms with Crippen LogP contribution >= 0.6 is 0 Å². The second-order valence-corrected chi connectivity index (χ2v) is 5.99. The van der Waals surface area contributed by atoms with E-state index in [0.29, 0.717) is 0 Å². The number of piperazine rings is 1. The molecule has 0 bridgehead atoms. The molecule has 0 unspecified atom stereocenters. The fourth-order valence-electron chi connectivity index (χ4n) is 3.26. The molecule has 104 valence electrons. The van der Waals surface area contributed by atoms with Crippen molar-refractivity contribution >= 4 is 0 Å². The van der Waals surface area contributed by atoms with E-state index in [-0.39, 0.29) is 0 Å². The number of rotatable bonds is 4. The molecule has 3 heteroatoms. The Hall–Kier alpha value is -0.380. The van der Waals surface area contributed by atoms with E-state index in [2.05, 4.69) is 35.1 Å². The van der Waals surface area contributed by atoms with E-state index < -0.39 is 0 Å². The van der Waals surface area contributed by atoms with Crippen molar-refractivity contribution in [3.63, 3.8) is 0 Å². The second-order valence-electron chi connectivity index (χ2n) is 5.99. The lowest BCUT2D eigenvalue weighted by Gasteiger charge is -2.43. The highest BCUT2D eigenvalue weighted by Crippen LogP contribution is 2.19. The molecule has 2 fully saturated rings. The van der Waals surface area contributed by atoms with Crippen molar-refractivity contribution in [2.24, 2.45) is 0 Å². The van der Waals surface area contributed by atoms with E-state index in [1.165, 1.54) is 52.1 Å². The molecule has 0 saturated carbocycles. The van der Waals surface area contributed by atoms with Crippen molar-refractivity contribution in [2.45, 2.75) is 38.8 Å². The van der Waals surface area contributed by atoms with Gasteiger partial charge in [-0.1, -0.05) is 6.08 Å². The Balaban J connectivity index is 1.73. The summed E-state index contributed by atoms with van der Waals surface area (Å²) in [6, 6.07) is 1.56. The van der Waals surface area contributed by atoms with Crippen LogP contribution in [0.15, 0.2) is 12.7 Å². The molecule has 2 rings (SSSR count). The third kappa shape index (κ3) is 3.56. The summed E-state index contributed by atoms with van der Waals surface area (Å²) in [5.74, 6) is 0. The molecule has 18 heavy (non-hydrogen) atoms. The summed E-state index contributed by atoms with van der Waals surface area (Å²) in [6.45, 7) is 17.0. The molecule has 2 aliphatic heterocycles. The van der Waals surface area contributed by atoms with E-state index in [1.54, 1.807) is 0 Å². The first-order chi connectivity index (χ1) is 8.70. The smallest absolute Gasteiger partial charge is 0.0161 e. The van der Waals surface area contributed by atoms with E-state index >= 15 is 0 Å². The van der Waals surface area contributed by atoms with Crippen LogP contribution in [-0.4, -0.2) is 72.6 Å². The van der Waals surface area contributed by atoms with Gasteiger partial charge in [-0.3, -0.25) is 9.80 Å². The third-order valence-electron chi connectivity index (χ3n) is 4.54. The van der Waals surface area contributed by atoms with Gasteiger partial charge in [-0.15, -0.1) is 6.58 Å². The fourth-order valence-corrected chi connectivity index (χ4v) is 3.26. The molecule has 2 heterocycles. The first-order valence-electron chi connectivity index (χ1n) is 7.52. The maximum Gasteiger partial charge on any atom is 0.0161 e. The van der Waals surface area contributed by atoms with E-state index in [9.17, 15) is 0 Å². The van der Waals surface area contributed by atoms with Gasteiger partial charge in [0.1, 0.15) is 0 Å². The highest BCUT2D eigenvalue weighted by Gasteiger charge is 2.27. The molecule has 0 aromatic carbocycles. The van der Waals surface area contributed by atoms with Gasteiger partial charge in [-0.25, -0.2) is 0 Å². The largest absolute Gasteiger partial charge is 0.301 e. The Bertz CT molecular complexity index is 248. The molecule has 0 radical (unpaired) electrons. The van der Waals surface area contributed by atoms with Gasteiger partial charge in [-0.2, -0.15) is 0 Å². The predicted octanol–water partition coefficient (Wildman–Crippen LogP) is 1.66. The van der Waals surface area contributed by atoms with Crippen LogP contribution < -0.4 is 0 Å². The van der Waals surface area contributed by atoms with Crippen LogP contribution in [0.1, 0.15) is 26.7 Å². The third-order valence-corrected chi connectivity index (χ3v) is 4.54. The second kappa shape index (κ2) is 6.69. The molecule has 0 spiro atoms. The summed E-state index contributed by atoms with van der Waals surface area (Å²) in [4.78, 5) is 7.84.